The Balaban J connectivity index is 1.28. The SMILES string of the molecule is O=C(CCC(=O)N1CCOc2ccccc21)Nc1ccc(Oc2ncccn2)cc1. The number of fused-ring (bicyclic) bond motifs is 1. The molecule has 8 nitrogen and oxygen atoms in total. The topological polar surface area (TPSA) is 93.7 Å². The first-order chi connectivity index (χ1) is 14.7. The number of hydrogen-bond acceptors (Lipinski definition) is 6. The van der Waals surface area contributed by atoms with Crippen molar-refractivity contribution in [3.8, 4) is 17.5 Å². The van der Waals surface area contributed by atoms with E-state index in [1.54, 1.807) is 47.6 Å². The van der Waals surface area contributed by atoms with Crippen LogP contribution >= 0.6 is 0 Å². The van der Waals surface area contributed by atoms with E-state index in [9.17, 15) is 9.59 Å². The quantitative estimate of drug-likeness (QED) is 0.677. The average Bonchev–Trinajstić information content (AvgIpc) is 2.79. The average molecular weight is 404 g/mol. The van der Waals surface area contributed by atoms with E-state index in [1.165, 1.54) is 0 Å². The maximum Gasteiger partial charge on any atom is 0.321 e. The second kappa shape index (κ2) is 9.04. The zero-order chi connectivity index (χ0) is 20.8. The van der Waals surface area contributed by atoms with Crippen molar-refractivity contribution in [2.24, 2.45) is 0 Å². The lowest BCUT2D eigenvalue weighted by molar-refractivity contribution is -0.122. The number of ether oxygens (including phenoxy) is 2. The van der Waals surface area contributed by atoms with E-state index in [-0.39, 0.29) is 30.7 Å². The number of para-hydroxylation sites is 2. The van der Waals surface area contributed by atoms with Crippen LogP contribution in [0.1, 0.15) is 12.8 Å². The van der Waals surface area contributed by atoms with Crippen LogP contribution in [0.5, 0.6) is 17.5 Å². The zero-order valence-electron chi connectivity index (χ0n) is 16.2. The normalized spacial score (nSPS) is 12.5. The molecule has 30 heavy (non-hydrogen) atoms. The molecule has 0 saturated heterocycles. The van der Waals surface area contributed by atoms with E-state index in [4.69, 9.17) is 9.47 Å². The molecule has 2 aromatic carbocycles. The summed E-state index contributed by atoms with van der Waals surface area (Å²) in [6.45, 7) is 0.918. The first-order valence-electron chi connectivity index (χ1n) is 9.56. The Labute approximate surface area is 173 Å². The second-order valence-corrected chi connectivity index (χ2v) is 6.57. The lowest BCUT2D eigenvalue weighted by Gasteiger charge is -2.29. The summed E-state index contributed by atoms with van der Waals surface area (Å²) < 4.78 is 11.1. The van der Waals surface area contributed by atoms with Gasteiger partial charge in [0.1, 0.15) is 18.1 Å². The molecule has 0 spiro atoms. The van der Waals surface area contributed by atoms with Gasteiger partial charge < -0.3 is 19.7 Å². The fraction of sp³-hybridized carbons (Fsp3) is 0.182. The highest BCUT2D eigenvalue weighted by Gasteiger charge is 2.23. The second-order valence-electron chi connectivity index (χ2n) is 6.57. The van der Waals surface area contributed by atoms with Crippen LogP contribution in [0, 0.1) is 0 Å². The van der Waals surface area contributed by atoms with E-state index >= 15 is 0 Å². The molecule has 1 aliphatic rings. The van der Waals surface area contributed by atoms with E-state index in [0.29, 0.717) is 30.3 Å². The molecule has 8 heteroatoms. The number of nitrogens with one attached hydrogen (secondary N) is 1. The fourth-order valence-electron chi connectivity index (χ4n) is 3.06. The van der Waals surface area contributed by atoms with Gasteiger partial charge in [0.25, 0.3) is 0 Å². The van der Waals surface area contributed by atoms with Gasteiger partial charge in [0.2, 0.25) is 11.8 Å². The minimum atomic E-state index is -0.232. The number of amides is 2. The standard InChI is InChI=1S/C22H20N4O4/c27-20(10-11-21(28)26-14-15-29-19-5-2-1-4-18(19)26)25-16-6-8-17(9-7-16)30-22-23-12-3-13-24-22/h1-9,12-13H,10-11,14-15H2,(H,25,27). The molecule has 1 N–H and O–H groups in total. The van der Waals surface area contributed by atoms with Crippen molar-refractivity contribution in [2.75, 3.05) is 23.4 Å². The predicted molar refractivity (Wildman–Crippen MR) is 111 cm³/mol. The summed E-state index contributed by atoms with van der Waals surface area (Å²) in [6, 6.07) is 16.2. The van der Waals surface area contributed by atoms with Crippen molar-refractivity contribution in [1.29, 1.82) is 0 Å². The fourth-order valence-corrected chi connectivity index (χ4v) is 3.06. The Morgan fingerprint density at radius 2 is 1.77 bits per heavy atom. The molecule has 0 radical (unpaired) electrons. The highest BCUT2D eigenvalue weighted by Crippen LogP contribution is 2.31. The molecule has 4 rings (SSSR count). The Morgan fingerprint density at radius 3 is 2.57 bits per heavy atom. The van der Waals surface area contributed by atoms with Crippen LogP contribution in [-0.4, -0.2) is 34.9 Å². The molecule has 0 bridgehead atoms. The van der Waals surface area contributed by atoms with Crippen molar-refractivity contribution in [2.45, 2.75) is 12.8 Å². The van der Waals surface area contributed by atoms with E-state index in [2.05, 4.69) is 15.3 Å². The van der Waals surface area contributed by atoms with Gasteiger partial charge in [-0.15, -0.1) is 0 Å². The van der Waals surface area contributed by atoms with Crippen LogP contribution in [0.15, 0.2) is 67.0 Å². The zero-order valence-corrected chi connectivity index (χ0v) is 16.2. The number of nitrogens with zero attached hydrogens (tertiary/aromatic N) is 3. The monoisotopic (exact) mass is 404 g/mol. The summed E-state index contributed by atoms with van der Waals surface area (Å²) >= 11 is 0. The minimum Gasteiger partial charge on any atom is -0.490 e. The van der Waals surface area contributed by atoms with Crippen molar-refractivity contribution >= 4 is 23.2 Å². The summed E-state index contributed by atoms with van der Waals surface area (Å²) in [5, 5.41) is 2.79. The first-order valence-corrected chi connectivity index (χ1v) is 9.56. The maximum atomic E-state index is 12.6. The highest BCUT2D eigenvalue weighted by molar-refractivity contribution is 5.99. The predicted octanol–water partition coefficient (Wildman–Crippen LogP) is 3.41. The van der Waals surface area contributed by atoms with Gasteiger partial charge in [-0.2, -0.15) is 0 Å². The Bertz CT molecular complexity index is 1020. The van der Waals surface area contributed by atoms with Crippen LogP contribution in [0.2, 0.25) is 0 Å². The summed E-state index contributed by atoms with van der Waals surface area (Å²) in [7, 11) is 0. The van der Waals surface area contributed by atoms with Crippen LogP contribution in [0.3, 0.4) is 0 Å². The number of benzene rings is 2. The van der Waals surface area contributed by atoms with Gasteiger partial charge in [-0.3, -0.25) is 9.59 Å². The molecule has 1 aliphatic heterocycles. The lowest BCUT2D eigenvalue weighted by atomic mass is 10.2. The van der Waals surface area contributed by atoms with Gasteiger partial charge in [0.05, 0.1) is 12.2 Å². The molecular weight excluding hydrogens is 384 g/mol. The Morgan fingerprint density at radius 1 is 1.00 bits per heavy atom. The molecule has 1 aromatic heterocycles. The first kappa shape index (κ1) is 19.4. The number of aromatic nitrogens is 2. The summed E-state index contributed by atoms with van der Waals surface area (Å²) in [5.41, 5.74) is 1.36. The molecule has 0 unspecified atom stereocenters. The van der Waals surface area contributed by atoms with Gasteiger partial charge in [-0.25, -0.2) is 9.97 Å². The summed E-state index contributed by atoms with van der Waals surface area (Å²) in [6.07, 6.45) is 3.39. The molecular formula is C22H20N4O4. The maximum absolute atomic E-state index is 12.6. The molecule has 0 aliphatic carbocycles. The third kappa shape index (κ3) is 4.72. The summed E-state index contributed by atoms with van der Waals surface area (Å²) in [4.78, 5) is 34.5. The van der Waals surface area contributed by atoms with E-state index < -0.39 is 0 Å². The van der Waals surface area contributed by atoms with Gasteiger partial charge in [0.15, 0.2) is 0 Å². The number of hydrogen-bond donors (Lipinski definition) is 1. The number of anilines is 2. The Hall–Kier alpha value is -3.94. The lowest BCUT2D eigenvalue weighted by Crippen LogP contribution is -2.38. The van der Waals surface area contributed by atoms with E-state index in [1.807, 2.05) is 24.3 Å². The largest absolute Gasteiger partial charge is 0.490 e. The van der Waals surface area contributed by atoms with Gasteiger partial charge in [-0.05, 0) is 42.5 Å². The van der Waals surface area contributed by atoms with Crippen LogP contribution < -0.4 is 19.7 Å². The van der Waals surface area contributed by atoms with Crippen LogP contribution in [0.25, 0.3) is 0 Å². The molecule has 3 aromatic rings. The number of rotatable bonds is 6. The molecule has 0 saturated carbocycles. The highest BCUT2D eigenvalue weighted by atomic mass is 16.5. The van der Waals surface area contributed by atoms with Crippen molar-refractivity contribution < 1.29 is 19.1 Å². The Kier molecular flexibility index (Phi) is 5.84. The van der Waals surface area contributed by atoms with E-state index in [0.717, 1.165) is 5.69 Å². The van der Waals surface area contributed by atoms with Crippen molar-refractivity contribution in [3.63, 3.8) is 0 Å². The van der Waals surface area contributed by atoms with Crippen LogP contribution in [-0.2, 0) is 9.59 Å². The molecule has 2 heterocycles. The van der Waals surface area contributed by atoms with Gasteiger partial charge in [0, 0.05) is 30.9 Å². The van der Waals surface area contributed by atoms with Crippen molar-refractivity contribution in [3.05, 3.63) is 67.0 Å². The smallest absolute Gasteiger partial charge is 0.321 e. The summed E-state index contributed by atoms with van der Waals surface area (Å²) in [5.74, 6) is 0.905. The minimum absolute atomic E-state index is 0.0917. The molecule has 2 amide bonds. The molecule has 0 atom stereocenters. The van der Waals surface area contributed by atoms with Crippen LogP contribution in [0.4, 0.5) is 11.4 Å². The molecule has 152 valence electrons. The number of carbonyl (C=O) groups excluding carboxylic acids is 2. The molecule has 0 fully saturated rings. The third-order valence-electron chi connectivity index (χ3n) is 4.48. The number of carbonyl (C=O) groups is 2. The third-order valence-corrected chi connectivity index (χ3v) is 4.48. The van der Waals surface area contributed by atoms with Gasteiger partial charge >= 0.3 is 6.01 Å². The van der Waals surface area contributed by atoms with Crippen molar-refractivity contribution in [1.82, 2.24) is 9.97 Å². The van der Waals surface area contributed by atoms with Gasteiger partial charge in [-0.1, -0.05) is 12.1 Å².